The minimum Gasteiger partial charge on any atom is -0.367 e. The third kappa shape index (κ3) is 1.98. The topological polar surface area (TPSA) is 19.4 Å². The highest BCUT2D eigenvalue weighted by Gasteiger charge is 2.29. The van der Waals surface area contributed by atoms with Crippen LogP contribution in [0.5, 0.6) is 0 Å². The van der Waals surface area contributed by atoms with Crippen molar-refractivity contribution in [3.63, 3.8) is 0 Å². The summed E-state index contributed by atoms with van der Waals surface area (Å²) in [6, 6.07) is 11.6. The number of pyridine rings is 1. The Hall–Kier alpha value is -1.61. The quantitative estimate of drug-likeness (QED) is 0.778. The highest BCUT2D eigenvalue weighted by atomic mass is 15.3. The summed E-state index contributed by atoms with van der Waals surface area (Å²) in [5.41, 5.74) is 2.46. The van der Waals surface area contributed by atoms with Gasteiger partial charge in [0.15, 0.2) is 0 Å². The summed E-state index contributed by atoms with van der Waals surface area (Å²) in [5.74, 6) is 0. The minimum atomic E-state index is 0.730. The lowest BCUT2D eigenvalue weighted by Crippen LogP contribution is -2.37. The van der Waals surface area contributed by atoms with Crippen molar-refractivity contribution in [2.75, 3.05) is 31.1 Å². The van der Waals surface area contributed by atoms with E-state index in [2.05, 4.69) is 39.0 Å². The van der Waals surface area contributed by atoms with Crippen LogP contribution in [-0.2, 0) is 0 Å². The lowest BCUT2D eigenvalue weighted by atomic mass is 10.0. The summed E-state index contributed by atoms with van der Waals surface area (Å²) in [4.78, 5) is 9.61. The second kappa shape index (κ2) is 4.49. The van der Waals surface area contributed by atoms with Crippen LogP contribution in [0.3, 0.4) is 0 Å². The second-order valence-corrected chi connectivity index (χ2v) is 5.65. The number of hydrogen-bond acceptors (Lipinski definition) is 3. The van der Waals surface area contributed by atoms with Crippen LogP contribution in [0, 0.1) is 0 Å². The maximum Gasteiger partial charge on any atom is 0.0703 e. The van der Waals surface area contributed by atoms with Gasteiger partial charge in [-0.15, -0.1) is 0 Å². The maximum absolute atomic E-state index is 4.41. The number of anilines is 1. The van der Waals surface area contributed by atoms with Gasteiger partial charge in [0.25, 0.3) is 0 Å². The highest BCUT2D eigenvalue weighted by molar-refractivity contribution is 5.82. The predicted molar refractivity (Wildman–Crippen MR) is 78.6 cm³/mol. The van der Waals surface area contributed by atoms with Crippen LogP contribution in [0.1, 0.15) is 12.8 Å². The van der Waals surface area contributed by atoms with Gasteiger partial charge in [0, 0.05) is 49.5 Å². The fourth-order valence-electron chi connectivity index (χ4n) is 3.47. The first-order valence-electron chi connectivity index (χ1n) is 7.24. The molecule has 0 unspecified atom stereocenters. The van der Waals surface area contributed by atoms with Crippen LogP contribution in [-0.4, -0.2) is 42.1 Å². The van der Waals surface area contributed by atoms with Crippen molar-refractivity contribution < 1.29 is 0 Å². The van der Waals surface area contributed by atoms with Crippen molar-refractivity contribution in [2.24, 2.45) is 0 Å². The predicted octanol–water partition coefficient (Wildman–Crippen LogP) is 2.52. The standard InChI is InChI=1S/C16H19N3/c1-2-13-12-15(3-4-16(13)17-7-1)19-11-10-18-8-5-14(19)6-9-18/h1-4,7,12,14H,5-6,8-11H2. The Morgan fingerprint density at radius 1 is 1.00 bits per heavy atom. The van der Waals surface area contributed by atoms with Gasteiger partial charge in [-0.25, -0.2) is 0 Å². The van der Waals surface area contributed by atoms with Gasteiger partial charge in [0.1, 0.15) is 0 Å². The molecule has 0 radical (unpaired) electrons. The zero-order chi connectivity index (χ0) is 12.7. The molecule has 3 heteroatoms. The van der Waals surface area contributed by atoms with Gasteiger partial charge in [-0.2, -0.15) is 0 Å². The Kier molecular flexibility index (Phi) is 2.66. The van der Waals surface area contributed by atoms with Crippen molar-refractivity contribution in [3.8, 4) is 0 Å². The molecule has 4 heterocycles. The molecule has 1 aromatic carbocycles. The number of nitrogens with zero attached hydrogens (tertiary/aromatic N) is 3. The Morgan fingerprint density at radius 2 is 1.89 bits per heavy atom. The molecule has 2 aromatic rings. The lowest BCUT2D eigenvalue weighted by Gasteiger charge is -2.33. The van der Waals surface area contributed by atoms with E-state index in [0.717, 1.165) is 18.1 Å². The first-order valence-corrected chi connectivity index (χ1v) is 7.24. The van der Waals surface area contributed by atoms with E-state index in [0.29, 0.717) is 0 Å². The molecule has 5 rings (SSSR count). The number of benzene rings is 1. The molecule has 0 aliphatic carbocycles. The van der Waals surface area contributed by atoms with Crippen molar-refractivity contribution in [2.45, 2.75) is 18.9 Å². The summed E-state index contributed by atoms with van der Waals surface area (Å²) in [7, 11) is 0. The molecule has 1 aromatic heterocycles. The molecule has 3 aliphatic heterocycles. The van der Waals surface area contributed by atoms with Crippen LogP contribution in [0.25, 0.3) is 10.9 Å². The van der Waals surface area contributed by atoms with Crippen molar-refractivity contribution in [1.29, 1.82) is 0 Å². The molecule has 0 spiro atoms. The summed E-state index contributed by atoms with van der Waals surface area (Å²) < 4.78 is 0. The van der Waals surface area contributed by atoms with Crippen LogP contribution < -0.4 is 4.90 Å². The maximum atomic E-state index is 4.41. The molecular weight excluding hydrogens is 234 g/mol. The Bertz CT molecular complexity index is 587. The molecular formula is C16H19N3. The van der Waals surface area contributed by atoms with Gasteiger partial charge >= 0.3 is 0 Å². The minimum absolute atomic E-state index is 0.730. The van der Waals surface area contributed by atoms with Crippen molar-refractivity contribution >= 4 is 16.6 Å². The van der Waals surface area contributed by atoms with Gasteiger partial charge in [0.2, 0.25) is 0 Å². The van der Waals surface area contributed by atoms with E-state index >= 15 is 0 Å². The van der Waals surface area contributed by atoms with E-state index in [-0.39, 0.29) is 0 Å². The fraction of sp³-hybridized carbons (Fsp3) is 0.438. The first kappa shape index (κ1) is 11.2. The number of hydrogen-bond donors (Lipinski definition) is 0. The zero-order valence-electron chi connectivity index (χ0n) is 11.1. The van der Waals surface area contributed by atoms with Gasteiger partial charge in [-0.3, -0.25) is 4.98 Å². The number of aromatic nitrogens is 1. The zero-order valence-corrected chi connectivity index (χ0v) is 11.1. The molecule has 3 aliphatic rings. The van der Waals surface area contributed by atoms with Crippen LogP contribution in [0.15, 0.2) is 36.5 Å². The molecule has 3 fully saturated rings. The van der Waals surface area contributed by atoms with Crippen molar-refractivity contribution in [3.05, 3.63) is 36.5 Å². The molecule has 0 N–H and O–H groups in total. The molecule has 3 saturated heterocycles. The van der Waals surface area contributed by atoms with E-state index in [1.54, 1.807) is 0 Å². The van der Waals surface area contributed by atoms with E-state index in [4.69, 9.17) is 0 Å². The van der Waals surface area contributed by atoms with Crippen LogP contribution in [0.4, 0.5) is 5.69 Å². The Morgan fingerprint density at radius 3 is 2.79 bits per heavy atom. The normalized spacial score (nSPS) is 26.6. The molecule has 3 nitrogen and oxygen atoms in total. The molecule has 0 saturated carbocycles. The third-order valence-corrected chi connectivity index (χ3v) is 4.57. The fourth-order valence-corrected chi connectivity index (χ4v) is 3.47. The largest absolute Gasteiger partial charge is 0.367 e. The van der Waals surface area contributed by atoms with Crippen molar-refractivity contribution in [1.82, 2.24) is 9.88 Å². The molecule has 0 amide bonds. The number of fused-ring (bicyclic) bond motifs is 5. The third-order valence-electron chi connectivity index (χ3n) is 4.57. The van der Waals surface area contributed by atoms with Crippen LogP contribution >= 0.6 is 0 Å². The smallest absolute Gasteiger partial charge is 0.0703 e. The van der Waals surface area contributed by atoms with E-state index in [1.807, 2.05) is 12.3 Å². The molecule has 0 atom stereocenters. The summed E-state index contributed by atoms with van der Waals surface area (Å²) >= 11 is 0. The summed E-state index contributed by atoms with van der Waals surface area (Å²) in [5, 5.41) is 1.25. The first-order chi connectivity index (χ1) is 9.40. The van der Waals surface area contributed by atoms with Gasteiger partial charge < -0.3 is 9.80 Å². The van der Waals surface area contributed by atoms with E-state index in [1.165, 1.54) is 43.5 Å². The molecule has 19 heavy (non-hydrogen) atoms. The SMILES string of the molecule is c1cnc2ccc(N3CCN4CCC3CC4)cc2c1. The number of rotatable bonds is 1. The molecule has 2 bridgehead atoms. The summed E-state index contributed by atoms with van der Waals surface area (Å²) in [6.07, 6.45) is 4.49. The van der Waals surface area contributed by atoms with Gasteiger partial charge in [-0.05, 0) is 37.1 Å². The molecule has 98 valence electrons. The van der Waals surface area contributed by atoms with Gasteiger partial charge in [0.05, 0.1) is 5.52 Å². The second-order valence-electron chi connectivity index (χ2n) is 5.65. The van der Waals surface area contributed by atoms with Crippen LogP contribution in [0.2, 0.25) is 0 Å². The Balaban J connectivity index is 1.72. The van der Waals surface area contributed by atoms with Gasteiger partial charge in [-0.1, -0.05) is 6.07 Å². The van der Waals surface area contributed by atoms with E-state index in [9.17, 15) is 0 Å². The monoisotopic (exact) mass is 253 g/mol. The average molecular weight is 253 g/mol. The Labute approximate surface area is 113 Å². The number of piperidine rings is 1. The average Bonchev–Trinajstić information content (AvgIpc) is 2.80. The lowest BCUT2D eigenvalue weighted by molar-refractivity contribution is 0.250. The summed E-state index contributed by atoms with van der Waals surface area (Å²) in [6.45, 7) is 4.92. The van der Waals surface area contributed by atoms with E-state index < -0.39 is 0 Å². The highest BCUT2D eigenvalue weighted by Crippen LogP contribution is 2.28.